The SMILES string of the molecule is O=C(CC1(O)CCCCC1)NC[C@]1(O)CCc2ccccc21. The largest absolute Gasteiger partial charge is 0.389 e. The zero-order valence-corrected chi connectivity index (χ0v) is 13.0. The van der Waals surface area contributed by atoms with Gasteiger partial charge in [-0.3, -0.25) is 4.79 Å². The molecule has 0 unspecified atom stereocenters. The Hall–Kier alpha value is -1.39. The summed E-state index contributed by atoms with van der Waals surface area (Å²) in [6, 6.07) is 7.85. The molecule has 0 bridgehead atoms. The summed E-state index contributed by atoms with van der Waals surface area (Å²) in [5.74, 6) is -0.165. The molecule has 0 aliphatic heterocycles. The molecule has 0 saturated heterocycles. The van der Waals surface area contributed by atoms with Crippen LogP contribution in [0.3, 0.4) is 0 Å². The lowest BCUT2D eigenvalue weighted by molar-refractivity contribution is -0.128. The summed E-state index contributed by atoms with van der Waals surface area (Å²) in [5.41, 5.74) is 0.261. The number of fused-ring (bicyclic) bond motifs is 1. The van der Waals surface area contributed by atoms with Crippen LogP contribution in [-0.2, 0) is 16.8 Å². The lowest BCUT2D eigenvalue weighted by atomic mass is 9.82. The lowest BCUT2D eigenvalue weighted by Crippen LogP contribution is -2.43. The van der Waals surface area contributed by atoms with Crippen LogP contribution in [0.4, 0.5) is 0 Å². The molecule has 0 aromatic heterocycles. The molecule has 1 fully saturated rings. The molecule has 1 aromatic carbocycles. The van der Waals surface area contributed by atoms with Gasteiger partial charge in [-0.2, -0.15) is 0 Å². The molecule has 1 saturated carbocycles. The van der Waals surface area contributed by atoms with Gasteiger partial charge in [-0.15, -0.1) is 0 Å². The molecule has 0 radical (unpaired) electrons. The van der Waals surface area contributed by atoms with Gasteiger partial charge in [0.05, 0.1) is 18.6 Å². The quantitative estimate of drug-likeness (QED) is 0.797. The predicted molar refractivity (Wildman–Crippen MR) is 84.3 cm³/mol. The minimum atomic E-state index is -0.971. The van der Waals surface area contributed by atoms with Gasteiger partial charge in [0.1, 0.15) is 5.60 Å². The average molecular weight is 303 g/mol. The fourth-order valence-corrected chi connectivity index (χ4v) is 3.84. The van der Waals surface area contributed by atoms with Crippen LogP contribution in [-0.4, -0.2) is 28.3 Å². The van der Waals surface area contributed by atoms with Gasteiger partial charge in [-0.05, 0) is 36.8 Å². The van der Waals surface area contributed by atoms with E-state index in [1.54, 1.807) is 0 Å². The Bertz CT molecular complexity index is 551. The normalized spacial score (nSPS) is 26.5. The first-order valence-corrected chi connectivity index (χ1v) is 8.31. The van der Waals surface area contributed by atoms with Gasteiger partial charge in [-0.1, -0.05) is 43.5 Å². The first-order chi connectivity index (χ1) is 10.5. The molecular formula is C18H25NO3. The molecule has 22 heavy (non-hydrogen) atoms. The van der Waals surface area contributed by atoms with E-state index < -0.39 is 11.2 Å². The highest BCUT2D eigenvalue weighted by atomic mass is 16.3. The van der Waals surface area contributed by atoms with E-state index in [1.165, 1.54) is 0 Å². The number of rotatable bonds is 4. The van der Waals surface area contributed by atoms with Crippen molar-refractivity contribution in [3.8, 4) is 0 Å². The monoisotopic (exact) mass is 303 g/mol. The Balaban J connectivity index is 1.57. The summed E-state index contributed by atoms with van der Waals surface area (Å²) in [7, 11) is 0. The summed E-state index contributed by atoms with van der Waals surface area (Å²) >= 11 is 0. The third-order valence-electron chi connectivity index (χ3n) is 5.18. The number of aryl methyl sites for hydroxylation is 1. The fourth-order valence-electron chi connectivity index (χ4n) is 3.84. The minimum Gasteiger partial charge on any atom is -0.389 e. The highest BCUT2D eigenvalue weighted by Gasteiger charge is 2.37. The van der Waals surface area contributed by atoms with E-state index in [2.05, 4.69) is 5.32 Å². The van der Waals surface area contributed by atoms with E-state index in [4.69, 9.17) is 0 Å². The van der Waals surface area contributed by atoms with Crippen molar-refractivity contribution in [2.75, 3.05) is 6.54 Å². The number of hydrogen-bond donors (Lipinski definition) is 3. The topological polar surface area (TPSA) is 69.6 Å². The summed E-state index contributed by atoms with van der Waals surface area (Å²) in [6.07, 6.45) is 6.14. The van der Waals surface area contributed by atoms with Crippen LogP contribution in [0.1, 0.15) is 56.1 Å². The van der Waals surface area contributed by atoms with Crippen molar-refractivity contribution in [2.24, 2.45) is 0 Å². The van der Waals surface area contributed by atoms with Crippen molar-refractivity contribution >= 4 is 5.91 Å². The summed E-state index contributed by atoms with van der Waals surface area (Å²) in [6.45, 7) is 0.221. The van der Waals surface area contributed by atoms with Gasteiger partial charge in [-0.25, -0.2) is 0 Å². The van der Waals surface area contributed by atoms with Crippen LogP contribution in [0.2, 0.25) is 0 Å². The molecule has 4 heteroatoms. The Morgan fingerprint density at radius 1 is 1.09 bits per heavy atom. The molecule has 1 amide bonds. The van der Waals surface area contributed by atoms with Crippen LogP contribution in [0, 0.1) is 0 Å². The van der Waals surface area contributed by atoms with E-state index in [-0.39, 0.29) is 18.9 Å². The molecule has 0 heterocycles. The van der Waals surface area contributed by atoms with E-state index in [0.29, 0.717) is 19.3 Å². The number of amides is 1. The highest BCUT2D eigenvalue weighted by molar-refractivity contribution is 5.77. The van der Waals surface area contributed by atoms with Gasteiger partial charge in [0, 0.05) is 0 Å². The van der Waals surface area contributed by atoms with Gasteiger partial charge in [0.25, 0.3) is 0 Å². The van der Waals surface area contributed by atoms with Gasteiger partial charge in [0.2, 0.25) is 5.91 Å². The molecule has 0 spiro atoms. The molecule has 120 valence electrons. The summed E-state index contributed by atoms with van der Waals surface area (Å²) in [5, 5.41) is 24.0. The van der Waals surface area contributed by atoms with Crippen LogP contribution in [0.25, 0.3) is 0 Å². The van der Waals surface area contributed by atoms with Crippen LogP contribution in [0.5, 0.6) is 0 Å². The molecule has 2 aliphatic rings. The number of carbonyl (C=O) groups is 1. The van der Waals surface area contributed by atoms with Crippen LogP contribution in [0.15, 0.2) is 24.3 Å². The second-order valence-corrected chi connectivity index (χ2v) is 6.93. The van der Waals surface area contributed by atoms with E-state index in [9.17, 15) is 15.0 Å². The van der Waals surface area contributed by atoms with Crippen molar-refractivity contribution in [3.63, 3.8) is 0 Å². The van der Waals surface area contributed by atoms with Crippen molar-refractivity contribution in [1.29, 1.82) is 0 Å². The van der Waals surface area contributed by atoms with Crippen molar-refractivity contribution in [3.05, 3.63) is 35.4 Å². The number of benzene rings is 1. The second-order valence-electron chi connectivity index (χ2n) is 6.93. The Morgan fingerprint density at radius 2 is 1.82 bits per heavy atom. The van der Waals surface area contributed by atoms with Crippen molar-refractivity contribution in [1.82, 2.24) is 5.32 Å². The Kier molecular flexibility index (Phi) is 4.24. The third-order valence-corrected chi connectivity index (χ3v) is 5.18. The first-order valence-electron chi connectivity index (χ1n) is 8.31. The van der Waals surface area contributed by atoms with E-state index in [1.807, 2.05) is 24.3 Å². The molecule has 1 atom stereocenters. The Labute approximate surface area is 131 Å². The maximum Gasteiger partial charge on any atom is 0.223 e. The number of aliphatic hydroxyl groups is 2. The highest BCUT2D eigenvalue weighted by Crippen LogP contribution is 2.36. The minimum absolute atomic E-state index is 0.144. The first kappa shape index (κ1) is 15.5. The average Bonchev–Trinajstić information content (AvgIpc) is 2.84. The Morgan fingerprint density at radius 3 is 2.59 bits per heavy atom. The van der Waals surface area contributed by atoms with Crippen molar-refractivity contribution in [2.45, 2.75) is 62.6 Å². The number of nitrogens with one attached hydrogen (secondary N) is 1. The molecule has 3 rings (SSSR count). The van der Waals surface area contributed by atoms with Gasteiger partial charge >= 0.3 is 0 Å². The second kappa shape index (κ2) is 6.01. The number of hydrogen-bond acceptors (Lipinski definition) is 3. The molecule has 2 aliphatic carbocycles. The predicted octanol–water partition coefficient (Wildman–Crippen LogP) is 2.02. The maximum atomic E-state index is 12.1. The summed E-state index contributed by atoms with van der Waals surface area (Å²) in [4.78, 5) is 12.1. The number of carbonyl (C=O) groups excluding carboxylic acids is 1. The molecule has 3 N–H and O–H groups in total. The maximum absolute atomic E-state index is 12.1. The van der Waals surface area contributed by atoms with E-state index >= 15 is 0 Å². The fraction of sp³-hybridized carbons (Fsp3) is 0.611. The smallest absolute Gasteiger partial charge is 0.223 e. The van der Waals surface area contributed by atoms with Crippen LogP contribution >= 0.6 is 0 Å². The molecule has 4 nitrogen and oxygen atoms in total. The van der Waals surface area contributed by atoms with Crippen LogP contribution < -0.4 is 5.32 Å². The standard InChI is InChI=1S/C18H25NO3/c20-16(12-17(21)9-4-1-5-10-17)19-13-18(22)11-8-14-6-2-3-7-15(14)18/h2-3,6-7,21-22H,1,4-5,8-13H2,(H,19,20)/t18-/m1/s1. The van der Waals surface area contributed by atoms with Gasteiger partial charge in [0.15, 0.2) is 0 Å². The molecule has 1 aromatic rings. The summed E-state index contributed by atoms with van der Waals surface area (Å²) < 4.78 is 0. The van der Waals surface area contributed by atoms with Gasteiger partial charge < -0.3 is 15.5 Å². The van der Waals surface area contributed by atoms with E-state index in [0.717, 1.165) is 36.8 Å². The lowest BCUT2D eigenvalue weighted by Gasteiger charge is -2.32. The molecular weight excluding hydrogens is 278 g/mol. The zero-order valence-electron chi connectivity index (χ0n) is 13.0. The third kappa shape index (κ3) is 3.18. The van der Waals surface area contributed by atoms with Crippen molar-refractivity contribution < 1.29 is 15.0 Å². The zero-order chi connectivity index (χ0) is 15.6.